The van der Waals surface area contributed by atoms with Crippen LogP contribution in [0.2, 0.25) is 5.02 Å². The smallest absolute Gasteiger partial charge is 0.321 e. The summed E-state index contributed by atoms with van der Waals surface area (Å²) < 4.78 is 1.87. The first-order chi connectivity index (χ1) is 15.5. The van der Waals surface area contributed by atoms with E-state index >= 15 is 0 Å². The maximum absolute atomic E-state index is 12.4. The molecule has 1 fully saturated rings. The average molecular weight is 471 g/mol. The summed E-state index contributed by atoms with van der Waals surface area (Å²) in [5.74, 6) is 0.236. The fourth-order valence-corrected chi connectivity index (χ4v) is 4.61. The molecule has 1 aliphatic rings. The maximum atomic E-state index is 12.4. The van der Waals surface area contributed by atoms with Crippen LogP contribution in [0.4, 0.5) is 4.79 Å². The van der Waals surface area contributed by atoms with Crippen molar-refractivity contribution in [3.8, 4) is 17.1 Å². The first-order valence-electron chi connectivity index (χ1n) is 10.4. The third-order valence-electron chi connectivity index (χ3n) is 5.33. The molecule has 0 atom stereocenters. The van der Waals surface area contributed by atoms with Crippen LogP contribution >= 0.6 is 23.4 Å². The second kappa shape index (κ2) is 10.1. The van der Waals surface area contributed by atoms with Gasteiger partial charge in [0.25, 0.3) is 0 Å². The Hall–Kier alpha value is -2.91. The van der Waals surface area contributed by atoms with Gasteiger partial charge in [0.1, 0.15) is 0 Å². The Morgan fingerprint density at radius 1 is 1.16 bits per heavy atom. The summed E-state index contributed by atoms with van der Waals surface area (Å²) in [4.78, 5) is 28.5. The molecule has 0 bridgehead atoms. The number of halogens is 1. The quantitative estimate of drug-likeness (QED) is 0.525. The highest BCUT2D eigenvalue weighted by Crippen LogP contribution is 2.31. The molecule has 0 radical (unpaired) electrons. The van der Waals surface area contributed by atoms with Crippen molar-refractivity contribution in [2.75, 3.05) is 5.75 Å². The van der Waals surface area contributed by atoms with Crippen molar-refractivity contribution in [2.45, 2.75) is 43.8 Å². The molecular formula is C22H23ClN6O2S. The van der Waals surface area contributed by atoms with Crippen LogP contribution < -0.4 is 10.6 Å². The van der Waals surface area contributed by atoms with E-state index in [1.54, 1.807) is 12.4 Å². The lowest BCUT2D eigenvalue weighted by Crippen LogP contribution is -2.44. The Balaban J connectivity index is 1.53. The lowest BCUT2D eigenvalue weighted by atomic mass is 10.2. The van der Waals surface area contributed by atoms with E-state index in [0.29, 0.717) is 16.0 Å². The number of hydrogen-bond donors (Lipinski definition) is 2. The molecule has 3 amide bonds. The molecule has 32 heavy (non-hydrogen) atoms. The number of carbonyl (C=O) groups excluding carboxylic acids is 2. The number of imide groups is 1. The highest BCUT2D eigenvalue weighted by Gasteiger charge is 2.21. The number of pyridine rings is 1. The molecule has 4 rings (SSSR count). The van der Waals surface area contributed by atoms with E-state index in [9.17, 15) is 9.59 Å². The monoisotopic (exact) mass is 470 g/mol. The summed E-state index contributed by atoms with van der Waals surface area (Å²) in [5, 5.41) is 15.0. The number of hydrogen-bond acceptors (Lipinski definition) is 6. The van der Waals surface area contributed by atoms with E-state index in [1.165, 1.54) is 11.8 Å². The molecule has 3 aromatic rings. The summed E-state index contributed by atoms with van der Waals surface area (Å²) in [6, 6.07) is 8.98. The van der Waals surface area contributed by atoms with Gasteiger partial charge in [-0.3, -0.25) is 19.7 Å². The van der Waals surface area contributed by atoms with Crippen molar-refractivity contribution in [1.29, 1.82) is 0 Å². The third kappa shape index (κ3) is 5.11. The predicted octanol–water partition coefficient (Wildman–Crippen LogP) is 4.15. The number of nitrogens with one attached hydrogen (secondary N) is 2. The van der Waals surface area contributed by atoms with Gasteiger partial charge in [-0.15, -0.1) is 10.2 Å². The van der Waals surface area contributed by atoms with Gasteiger partial charge in [0.2, 0.25) is 5.91 Å². The lowest BCUT2D eigenvalue weighted by Gasteiger charge is -2.14. The van der Waals surface area contributed by atoms with Crippen LogP contribution in [0.15, 0.2) is 47.9 Å². The van der Waals surface area contributed by atoms with Gasteiger partial charge >= 0.3 is 6.03 Å². The SMILES string of the molecule is Cc1c(Cl)cccc1-n1c(SCC(=O)NC(=O)NC2CCCC2)nnc1-c1ccncc1. The number of benzene rings is 1. The van der Waals surface area contributed by atoms with Crippen molar-refractivity contribution in [3.05, 3.63) is 53.3 Å². The summed E-state index contributed by atoms with van der Waals surface area (Å²) in [7, 11) is 0. The molecule has 0 aliphatic heterocycles. The van der Waals surface area contributed by atoms with Gasteiger partial charge in [0.05, 0.1) is 11.4 Å². The van der Waals surface area contributed by atoms with E-state index in [0.717, 1.165) is 42.5 Å². The van der Waals surface area contributed by atoms with Crippen LogP contribution in [0.3, 0.4) is 0 Å². The molecule has 10 heteroatoms. The number of nitrogens with zero attached hydrogens (tertiary/aromatic N) is 4. The lowest BCUT2D eigenvalue weighted by molar-refractivity contribution is -0.117. The van der Waals surface area contributed by atoms with Gasteiger partial charge in [0, 0.05) is 29.0 Å². The standard InChI is InChI=1S/C22H23ClN6O2S/c1-14-17(23)7-4-8-18(14)29-20(15-9-11-24-12-10-15)27-28-22(29)32-13-19(30)26-21(31)25-16-5-2-3-6-16/h4,7-12,16H,2-3,5-6,13H2,1H3,(H2,25,26,30,31). The van der Waals surface area contributed by atoms with Crippen LogP contribution in [0.25, 0.3) is 17.1 Å². The van der Waals surface area contributed by atoms with Gasteiger partial charge in [0.15, 0.2) is 11.0 Å². The zero-order valence-electron chi connectivity index (χ0n) is 17.5. The number of amides is 3. The van der Waals surface area contributed by atoms with Gasteiger partial charge in [-0.1, -0.05) is 42.3 Å². The van der Waals surface area contributed by atoms with Gasteiger partial charge in [-0.2, -0.15) is 0 Å². The van der Waals surface area contributed by atoms with Crippen molar-refractivity contribution >= 4 is 35.3 Å². The number of thioether (sulfide) groups is 1. The van der Waals surface area contributed by atoms with Crippen LogP contribution in [0.1, 0.15) is 31.2 Å². The fraction of sp³-hybridized carbons (Fsp3) is 0.318. The molecule has 0 spiro atoms. The Kier molecular flexibility index (Phi) is 7.06. The van der Waals surface area contributed by atoms with E-state index in [2.05, 4.69) is 25.8 Å². The van der Waals surface area contributed by atoms with E-state index < -0.39 is 11.9 Å². The summed E-state index contributed by atoms with van der Waals surface area (Å²) in [6.07, 6.45) is 7.48. The first-order valence-corrected chi connectivity index (χ1v) is 11.7. The molecule has 2 N–H and O–H groups in total. The molecule has 166 valence electrons. The number of carbonyl (C=O) groups is 2. The summed E-state index contributed by atoms with van der Waals surface area (Å²) in [6.45, 7) is 1.92. The van der Waals surface area contributed by atoms with Crippen LogP contribution in [-0.4, -0.2) is 43.5 Å². The molecular weight excluding hydrogens is 448 g/mol. The molecule has 1 aliphatic carbocycles. The second-order valence-electron chi connectivity index (χ2n) is 7.55. The van der Waals surface area contributed by atoms with Gasteiger partial charge in [-0.05, 0) is 49.6 Å². The third-order valence-corrected chi connectivity index (χ3v) is 6.67. The summed E-state index contributed by atoms with van der Waals surface area (Å²) >= 11 is 7.56. The Bertz CT molecular complexity index is 1110. The minimum atomic E-state index is -0.452. The fourth-order valence-electron chi connectivity index (χ4n) is 3.69. The topological polar surface area (TPSA) is 102 Å². The van der Waals surface area contributed by atoms with Gasteiger partial charge < -0.3 is 5.32 Å². The molecule has 8 nitrogen and oxygen atoms in total. The first kappa shape index (κ1) is 22.3. The molecule has 1 aromatic carbocycles. The van der Waals surface area contributed by atoms with Crippen molar-refractivity contribution in [1.82, 2.24) is 30.4 Å². The Labute approximate surface area is 195 Å². The Morgan fingerprint density at radius 2 is 1.91 bits per heavy atom. The number of urea groups is 1. The van der Waals surface area contributed by atoms with Crippen LogP contribution in [0.5, 0.6) is 0 Å². The Morgan fingerprint density at radius 3 is 2.66 bits per heavy atom. The normalized spacial score (nSPS) is 13.8. The number of rotatable bonds is 6. The van der Waals surface area contributed by atoms with Crippen molar-refractivity contribution < 1.29 is 9.59 Å². The molecule has 0 unspecified atom stereocenters. The molecule has 0 saturated heterocycles. The van der Waals surface area contributed by atoms with Crippen LogP contribution in [0, 0.1) is 6.92 Å². The zero-order valence-corrected chi connectivity index (χ0v) is 19.1. The van der Waals surface area contributed by atoms with Crippen LogP contribution in [-0.2, 0) is 4.79 Å². The molecule has 2 aromatic heterocycles. The van der Waals surface area contributed by atoms with Gasteiger partial charge in [-0.25, -0.2) is 4.79 Å². The minimum Gasteiger partial charge on any atom is -0.335 e. The van der Waals surface area contributed by atoms with Crippen molar-refractivity contribution in [2.24, 2.45) is 0 Å². The molecule has 1 saturated carbocycles. The molecule has 2 heterocycles. The van der Waals surface area contributed by atoms with E-state index in [-0.39, 0.29) is 11.8 Å². The zero-order chi connectivity index (χ0) is 22.5. The largest absolute Gasteiger partial charge is 0.335 e. The van der Waals surface area contributed by atoms with Crippen molar-refractivity contribution in [3.63, 3.8) is 0 Å². The minimum absolute atomic E-state index is 0.0200. The highest BCUT2D eigenvalue weighted by molar-refractivity contribution is 7.99. The summed E-state index contributed by atoms with van der Waals surface area (Å²) in [5.41, 5.74) is 2.52. The predicted molar refractivity (Wildman–Crippen MR) is 124 cm³/mol. The van der Waals surface area contributed by atoms with E-state index in [4.69, 9.17) is 11.6 Å². The highest BCUT2D eigenvalue weighted by atomic mass is 35.5. The van der Waals surface area contributed by atoms with E-state index in [1.807, 2.05) is 41.8 Å². The maximum Gasteiger partial charge on any atom is 0.321 e. The average Bonchev–Trinajstić information content (AvgIpc) is 3.44. The number of aromatic nitrogens is 4. The second-order valence-corrected chi connectivity index (χ2v) is 8.90.